The zero-order chi connectivity index (χ0) is 21.2. The number of rotatable bonds is 4. The van der Waals surface area contributed by atoms with Crippen LogP contribution < -0.4 is 10.2 Å². The van der Waals surface area contributed by atoms with Crippen LogP contribution in [0.25, 0.3) is 33.4 Å². The molecule has 1 aliphatic heterocycles. The third-order valence-electron chi connectivity index (χ3n) is 6.48. The fourth-order valence-electron chi connectivity index (χ4n) is 4.52. The second kappa shape index (κ2) is 6.65. The van der Waals surface area contributed by atoms with Crippen LogP contribution in [0.3, 0.4) is 0 Å². The lowest BCUT2D eigenvalue weighted by Crippen LogP contribution is -2.40. The number of aromatic nitrogens is 3. The Bertz CT molecular complexity index is 1310. The van der Waals surface area contributed by atoms with E-state index in [1.807, 2.05) is 24.3 Å². The van der Waals surface area contributed by atoms with Crippen molar-refractivity contribution in [2.45, 2.75) is 44.7 Å². The molecule has 4 heterocycles. The minimum Gasteiger partial charge on any atom is -0.507 e. The molecule has 7 nitrogen and oxygen atoms in total. The highest BCUT2D eigenvalue weighted by Gasteiger charge is 2.40. The number of pyridine rings is 2. The number of nitrogens with zero attached hydrogens (tertiary/aromatic N) is 4. The topological polar surface area (TPSA) is 87.3 Å². The summed E-state index contributed by atoms with van der Waals surface area (Å²) in [5, 5.41) is 14.3. The molecule has 0 amide bonds. The molecule has 0 unspecified atom stereocenters. The van der Waals surface area contributed by atoms with Gasteiger partial charge in [0.15, 0.2) is 11.5 Å². The van der Waals surface area contributed by atoms with E-state index < -0.39 is 0 Å². The van der Waals surface area contributed by atoms with Gasteiger partial charge in [-0.15, -0.1) is 0 Å². The molecule has 6 rings (SSSR count). The zero-order valence-corrected chi connectivity index (χ0v) is 17.7. The first-order valence-electron chi connectivity index (χ1n) is 10.9. The van der Waals surface area contributed by atoms with Crippen molar-refractivity contribution in [2.24, 2.45) is 0 Å². The van der Waals surface area contributed by atoms with Crippen LogP contribution in [0.15, 0.2) is 40.8 Å². The molecule has 4 aromatic rings. The molecule has 0 spiro atoms. The molecule has 3 aromatic heterocycles. The predicted molar refractivity (Wildman–Crippen MR) is 120 cm³/mol. The lowest BCUT2D eigenvalue weighted by Gasteiger charge is -2.20. The van der Waals surface area contributed by atoms with Gasteiger partial charge in [-0.2, -0.15) is 0 Å². The van der Waals surface area contributed by atoms with E-state index in [0.29, 0.717) is 39.8 Å². The summed E-state index contributed by atoms with van der Waals surface area (Å²) in [5.74, 6) is 1.70. The Morgan fingerprint density at radius 2 is 1.87 bits per heavy atom. The molecule has 1 saturated carbocycles. The van der Waals surface area contributed by atoms with Crippen LogP contribution in [0.1, 0.15) is 32.1 Å². The van der Waals surface area contributed by atoms with Crippen LogP contribution in [-0.4, -0.2) is 44.7 Å². The molecule has 1 aromatic carbocycles. The SMILES string of the molecule is Cc1nc2cc(O)c(-c3ccc4nc(N5CC[C@@H](NC6(C)CC6)C5)ccc4n3)cc2o1. The Labute approximate surface area is 180 Å². The van der Waals surface area contributed by atoms with Gasteiger partial charge in [-0.3, -0.25) is 0 Å². The summed E-state index contributed by atoms with van der Waals surface area (Å²) < 4.78 is 5.61. The minimum atomic E-state index is 0.136. The lowest BCUT2D eigenvalue weighted by atomic mass is 10.1. The van der Waals surface area contributed by atoms with Gasteiger partial charge >= 0.3 is 0 Å². The highest BCUT2D eigenvalue weighted by Crippen LogP contribution is 2.36. The van der Waals surface area contributed by atoms with Crippen molar-refractivity contribution < 1.29 is 9.52 Å². The van der Waals surface area contributed by atoms with Crippen molar-refractivity contribution in [2.75, 3.05) is 18.0 Å². The van der Waals surface area contributed by atoms with E-state index in [1.54, 1.807) is 19.1 Å². The Morgan fingerprint density at radius 1 is 1.06 bits per heavy atom. The first-order valence-corrected chi connectivity index (χ1v) is 10.9. The number of nitrogens with one attached hydrogen (secondary N) is 1. The Balaban J connectivity index is 1.28. The molecular weight excluding hydrogens is 390 g/mol. The molecule has 1 atom stereocenters. The summed E-state index contributed by atoms with van der Waals surface area (Å²) in [6.45, 7) is 6.11. The number of aromatic hydroxyl groups is 1. The highest BCUT2D eigenvalue weighted by atomic mass is 16.3. The second-order valence-corrected chi connectivity index (χ2v) is 9.11. The Kier molecular flexibility index (Phi) is 3.99. The van der Waals surface area contributed by atoms with Crippen LogP contribution >= 0.6 is 0 Å². The lowest BCUT2D eigenvalue weighted by molar-refractivity contribution is 0.455. The molecule has 2 aliphatic rings. The Hall–Kier alpha value is -3.19. The van der Waals surface area contributed by atoms with Crippen molar-refractivity contribution in [3.8, 4) is 17.0 Å². The molecule has 0 radical (unpaired) electrons. The maximum atomic E-state index is 10.5. The standard InChI is InChI=1S/C24H25N5O2/c1-14-25-20-12-21(30)16(11-22(20)31-14)17-3-4-19-18(26-17)5-6-23(27-19)29-10-7-15(13-29)28-24(2)8-9-24/h3-6,11-12,15,28,30H,7-10,13H2,1-2H3/t15-/m1/s1. The van der Waals surface area contributed by atoms with Gasteiger partial charge in [0.05, 0.1) is 16.7 Å². The van der Waals surface area contributed by atoms with Gasteiger partial charge in [0.1, 0.15) is 17.1 Å². The first kappa shape index (κ1) is 18.6. The average Bonchev–Trinajstić information content (AvgIpc) is 3.13. The second-order valence-electron chi connectivity index (χ2n) is 9.11. The van der Waals surface area contributed by atoms with Gasteiger partial charge in [0.25, 0.3) is 0 Å². The van der Waals surface area contributed by atoms with E-state index >= 15 is 0 Å². The normalized spacial score (nSPS) is 20.1. The van der Waals surface area contributed by atoms with Gasteiger partial charge in [-0.1, -0.05) is 0 Å². The van der Waals surface area contributed by atoms with Crippen LogP contribution in [0.5, 0.6) is 5.75 Å². The highest BCUT2D eigenvalue weighted by molar-refractivity contribution is 5.86. The van der Waals surface area contributed by atoms with Gasteiger partial charge in [-0.25, -0.2) is 15.0 Å². The molecule has 0 bridgehead atoms. The van der Waals surface area contributed by atoms with Crippen molar-refractivity contribution in [3.05, 3.63) is 42.3 Å². The number of phenolic OH excluding ortho intramolecular Hbond substituents is 1. The molecule has 2 N–H and O–H groups in total. The van der Waals surface area contributed by atoms with Crippen molar-refractivity contribution in [3.63, 3.8) is 0 Å². The predicted octanol–water partition coefficient (Wildman–Crippen LogP) is 4.17. The number of fused-ring (bicyclic) bond motifs is 2. The van der Waals surface area contributed by atoms with Crippen LogP contribution in [0.2, 0.25) is 0 Å². The molecule has 2 fully saturated rings. The summed E-state index contributed by atoms with van der Waals surface area (Å²) >= 11 is 0. The smallest absolute Gasteiger partial charge is 0.192 e. The number of phenols is 1. The molecule has 31 heavy (non-hydrogen) atoms. The van der Waals surface area contributed by atoms with Gasteiger partial charge in [-0.05, 0) is 56.5 Å². The maximum Gasteiger partial charge on any atom is 0.192 e. The molecule has 158 valence electrons. The number of anilines is 1. The quantitative estimate of drug-likeness (QED) is 0.517. The maximum absolute atomic E-state index is 10.5. The number of hydrogen-bond acceptors (Lipinski definition) is 7. The number of hydrogen-bond donors (Lipinski definition) is 2. The van der Waals surface area contributed by atoms with E-state index in [-0.39, 0.29) is 5.75 Å². The molecule has 1 saturated heterocycles. The van der Waals surface area contributed by atoms with Crippen LogP contribution in [0.4, 0.5) is 5.82 Å². The number of aryl methyl sites for hydroxylation is 1. The fraction of sp³-hybridized carbons (Fsp3) is 0.375. The fourth-order valence-corrected chi connectivity index (χ4v) is 4.52. The number of oxazole rings is 1. The summed E-state index contributed by atoms with van der Waals surface area (Å²) in [7, 11) is 0. The van der Waals surface area contributed by atoms with Gasteiger partial charge < -0.3 is 19.7 Å². The monoisotopic (exact) mass is 415 g/mol. The minimum absolute atomic E-state index is 0.136. The molecule has 7 heteroatoms. The van der Waals surface area contributed by atoms with E-state index in [1.165, 1.54) is 12.8 Å². The zero-order valence-electron chi connectivity index (χ0n) is 17.7. The summed E-state index contributed by atoms with van der Waals surface area (Å²) in [6.07, 6.45) is 3.71. The number of benzene rings is 1. The van der Waals surface area contributed by atoms with Gasteiger partial charge in [0, 0.05) is 43.2 Å². The summed E-state index contributed by atoms with van der Waals surface area (Å²) in [4.78, 5) is 16.2. The van der Waals surface area contributed by atoms with E-state index in [2.05, 4.69) is 22.1 Å². The van der Waals surface area contributed by atoms with E-state index in [0.717, 1.165) is 36.4 Å². The van der Waals surface area contributed by atoms with Crippen molar-refractivity contribution in [1.82, 2.24) is 20.3 Å². The average molecular weight is 415 g/mol. The molecule has 1 aliphatic carbocycles. The third-order valence-corrected chi connectivity index (χ3v) is 6.48. The third kappa shape index (κ3) is 3.39. The van der Waals surface area contributed by atoms with Crippen molar-refractivity contribution in [1.29, 1.82) is 0 Å². The van der Waals surface area contributed by atoms with Crippen molar-refractivity contribution >= 4 is 28.0 Å². The Morgan fingerprint density at radius 3 is 2.71 bits per heavy atom. The first-order chi connectivity index (χ1) is 15.0. The van der Waals surface area contributed by atoms with E-state index in [4.69, 9.17) is 14.4 Å². The largest absolute Gasteiger partial charge is 0.507 e. The summed E-state index contributed by atoms with van der Waals surface area (Å²) in [6, 6.07) is 11.9. The summed E-state index contributed by atoms with van der Waals surface area (Å²) in [5.41, 5.74) is 4.58. The van der Waals surface area contributed by atoms with Crippen LogP contribution in [-0.2, 0) is 0 Å². The van der Waals surface area contributed by atoms with Gasteiger partial charge in [0.2, 0.25) is 0 Å². The van der Waals surface area contributed by atoms with Crippen LogP contribution in [0, 0.1) is 6.92 Å². The molecular formula is C24H25N5O2. The van der Waals surface area contributed by atoms with E-state index in [9.17, 15) is 5.11 Å².